The molecule has 11 heteroatoms. The first-order valence-electron chi connectivity index (χ1n) is 12.2. The molecule has 2 rings (SSSR count). The number of ether oxygens (including phenoxy) is 2. The minimum absolute atomic E-state index is 0.0233. The molecule has 4 N–H and O–H groups in total. The average Bonchev–Trinajstić information content (AvgIpc) is 2.82. The number of carbonyl (C=O) groups is 3. The highest BCUT2D eigenvalue weighted by molar-refractivity contribution is 5.80. The number of methoxy groups -OCH3 is 1. The number of piperidine rings is 1. The summed E-state index contributed by atoms with van der Waals surface area (Å²) in [6.45, 7) is 5.17. The van der Waals surface area contributed by atoms with Crippen LogP contribution < -0.4 is 5.73 Å². The van der Waals surface area contributed by atoms with E-state index in [2.05, 4.69) is 4.90 Å². The molecule has 0 radical (unpaired) electrons. The minimum Gasteiger partial charge on any atom is -0.388 e. The van der Waals surface area contributed by atoms with Gasteiger partial charge in [-0.1, -0.05) is 0 Å². The highest BCUT2D eigenvalue weighted by Crippen LogP contribution is 2.17. The number of nitrogens with two attached hydrogens (primary N) is 1. The van der Waals surface area contributed by atoms with Crippen LogP contribution in [0.25, 0.3) is 0 Å². The van der Waals surface area contributed by atoms with E-state index in [1.54, 1.807) is 9.80 Å². The zero-order chi connectivity index (χ0) is 25.1. The molecule has 0 spiro atoms. The fourth-order valence-corrected chi connectivity index (χ4v) is 4.47. The Kier molecular flexibility index (Phi) is 12.2. The second-order valence-electron chi connectivity index (χ2n) is 9.27. The van der Waals surface area contributed by atoms with Crippen LogP contribution in [0.15, 0.2) is 0 Å². The Balaban J connectivity index is 1.98. The number of rotatable bonds is 4. The van der Waals surface area contributed by atoms with Gasteiger partial charge in [-0.15, -0.1) is 0 Å². The molecule has 2 aliphatic rings. The molecule has 2 heterocycles. The number of amides is 3. The van der Waals surface area contributed by atoms with Crippen LogP contribution in [0.1, 0.15) is 39.0 Å². The summed E-state index contributed by atoms with van der Waals surface area (Å²) in [6.07, 6.45) is 0.393. The predicted molar refractivity (Wildman–Crippen MR) is 125 cm³/mol. The third kappa shape index (κ3) is 9.10. The van der Waals surface area contributed by atoms with Gasteiger partial charge in [0.1, 0.15) is 18.3 Å². The first kappa shape index (κ1) is 28.4. The predicted octanol–water partition coefficient (Wildman–Crippen LogP) is -1.20. The summed E-state index contributed by atoms with van der Waals surface area (Å²) in [6, 6.07) is 0. The largest absolute Gasteiger partial charge is 0.388 e. The number of hydrogen-bond donors (Lipinski definition) is 3. The molecule has 0 bridgehead atoms. The Morgan fingerprint density at radius 1 is 1.00 bits per heavy atom. The molecule has 0 saturated carbocycles. The Morgan fingerprint density at radius 3 is 2.29 bits per heavy atom. The van der Waals surface area contributed by atoms with Gasteiger partial charge in [0.05, 0.1) is 13.2 Å². The van der Waals surface area contributed by atoms with Crippen LogP contribution in [0.5, 0.6) is 0 Å². The van der Waals surface area contributed by atoms with Gasteiger partial charge in [0.15, 0.2) is 0 Å². The molecule has 3 amide bonds. The van der Waals surface area contributed by atoms with E-state index < -0.39 is 18.3 Å². The van der Waals surface area contributed by atoms with Crippen molar-refractivity contribution in [2.75, 3.05) is 66.1 Å². The molecule has 34 heavy (non-hydrogen) atoms. The van der Waals surface area contributed by atoms with Gasteiger partial charge in [0.2, 0.25) is 17.7 Å². The lowest BCUT2D eigenvalue weighted by atomic mass is 9.96. The number of nitrogens with zero attached hydrogens (tertiary/aromatic N) is 3. The molecular weight excluding hydrogens is 444 g/mol. The molecule has 11 nitrogen and oxygen atoms in total. The van der Waals surface area contributed by atoms with Gasteiger partial charge in [0, 0.05) is 59.3 Å². The van der Waals surface area contributed by atoms with Gasteiger partial charge < -0.3 is 35.2 Å². The van der Waals surface area contributed by atoms with Crippen molar-refractivity contribution < 1.29 is 34.1 Å². The Bertz CT molecular complexity index is 657. The Labute approximate surface area is 202 Å². The number of aliphatic hydroxyl groups excluding tert-OH is 2. The fraction of sp³-hybridized carbons (Fsp3) is 0.870. The second kappa shape index (κ2) is 14.6. The van der Waals surface area contributed by atoms with Gasteiger partial charge in [-0.25, -0.2) is 0 Å². The maximum Gasteiger partial charge on any atom is 0.236 e. The average molecular weight is 487 g/mol. The molecule has 2 saturated heterocycles. The van der Waals surface area contributed by atoms with Crippen LogP contribution in [0.3, 0.4) is 0 Å². The molecule has 0 unspecified atom stereocenters. The first-order chi connectivity index (χ1) is 16.2. The lowest BCUT2D eigenvalue weighted by Gasteiger charge is -2.33. The minimum atomic E-state index is -1.18. The molecule has 3 atom stereocenters. The molecule has 0 aliphatic carbocycles. The third-order valence-electron chi connectivity index (χ3n) is 6.74. The van der Waals surface area contributed by atoms with Crippen LogP contribution in [-0.2, 0) is 23.9 Å². The number of aliphatic hydroxyl groups is 2. The zero-order valence-corrected chi connectivity index (χ0v) is 20.6. The third-order valence-corrected chi connectivity index (χ3v) is 6.74. The van der Waals surface area contributed by atoms with Crippen molar-refractivity contribution >= 4 is 17.7 Å². The molecule has 2 fully saturated rings. The lowest BCUT2D eigenvalue weighted by molar-refractivity contribution is -0.137. The quantitative estimate of drug-likeness (QED) is 0.449. The molecular formula is C23H42N4O7. The summed E-state index contributed by atoms with van der Waals surface area (Å²) < 4.78 is 10.9. The number of hydrogen-bond acceptors (Lipinski definition) is 8. The second-order valence-corrected chi connectivity index (χ2v) is 9.27. The van der Waals surface area contributed by atoms with E-state index in [4.69, 9.17) is 15.2 Å². The van der Waals surface area contributed by atoms with Gasteiger partial charge in [0.25, 0.3) is 0 Å². The van der Waals surface area contributed by atoms with Crippen LogP contribution in [0.4, 0.5) is 0 Å². The van der Waals surface area contributed by atoms with Crippen molar-refractivity contribution in [3.63, 3.8) is 0 Å². The van der Waals surface area contributed by atoms with E-state index >= 15 is 0 Å². The molecule has 0 aromatic carbocycles. The monoisotopic (exact) mass is 486 g/mol. The maximum atomic E-state index is 12.9. The summed E-state index contributed by atoms with van der Waals surface area (Å²) in [5.41, 5.74) is 5.39. The maximum absolute atomic E-state index is 12.9. The zero-order valence-electron chi connectivity index (χ0n) is 20.6. The van der Waals surface area contributed by atoms with Crippen molar-refractivity contribution in [2.24, 2.45) is 11.7 Å². The Hall–Kier alpha value is -1.79. The van der Waals surface area contributed by atoms with E-state index in [-0.39, 0.29) is 43.3 Å². The van der Waals surface area contributed by atoms with Crippen LogP contribution in [-0.4, -0.2) is 127 Å². The van der Waals surface area contributed by atoms with Crippen LogP contribution in [0, 0.1) is 5.92 Å². The summed E-state index contributed by atoms with van der Waals surface area (Å²) in [7, 11) is 1.44. The number of primary amides is 1. The molecule has 0 aromatic rings. The highest BCUT2D eigenvalue weighted by atomic mass is 16.5. The highest BCUT2D eigenvalue weighted by Gasteiger charge is 2.30. The summed E-state index contributed by atoms with van der Waals surface area (Å²) in [4.78, 5) is 41.9. The van der Waals surface area contributed by atoms with Crippen molar-refractivity contribution in [3.05, 3.63) is 0 Å². The summed E-state index contributed by atoms with van der Waals surface area (Å²) in [5.74, 6) is -0.575. The van der Waals surface area contributed by atoms with Gasteiger partial charge >= 0.3 is 0 Å². The van der Waals surface area contributed by atoms with Gasteiger partial charge in [-0.3, -0.25) is 19.3 Å². The van der Waals surface area contributed by atoms with Crippen molar-refractivity contribution in [1.82, 2.24) is 14.7 Å². The van der Waals surface area contributed by atoms with E-state index in [0.717, 1.165) is 12.8 Å². The van der Waals surface area contributed by atoms with E-state index in [0.29, 0.717) is 58.6 Å². The lowest BCUT2D eigenvalue weighted by Crippen LogP contribution is -2.49. The normalized spacial score (nSPS) is 27.6. The Morgan fingerprint density at radius 2 is 1.68 bits per heavy atom. The van der Waals surface area contributed by atoms with Gasteiger partial charge in [-0.2, -0.15) is 0 Å². The number of likely N-dealkylation sites (tertiary alicyclic amines) is 1. The SMILES string of the molecule is CO[C@H]1CN(C(C)=O)CCCN(CC(=O)N2CCC(C(N)=O)CC2)CCCCOC[C@H](O)[C@@H]1O. The van der Waals surface area contributed by atoms with E-state index in [1.165, 1.54) is 14.0 Å². The number of carbonyl (C=O) groups excluding carboxylic acids is 3. The summed E-state index contributed by atoms with van der Waals surface area (Å²) >= 11 is 0. The van der Waals surface area contributed by atoms with E-state index in [1.807, 2.05) is 0 Å². The first-order valence-corrected chi connectivity index (χ1v) is 12.2. The van der Waals surface area contributed by atoms with Crippen LogP contribution >= 0.6 is 0 Å². The smallest absolute Gasteiger partial charge is 0.236 e. The van der Waals surface area contributed by atoms with Crippen LogP contribution in [0.2, 0.25) is 0 Å². The topological polar surface area (TPSA) is 146 Å². The molecule has 2 aliphatic heterocycles. The van der Waals surface area contributed by atoms with E-state index in [9.17, 15) is 24.6 Å². The van der Waals surface area contributed by atoms with Gasteiger partial charge in [-0.05, 0) is 38.6 Å². The summed E-state index contributed by atoms with van der Waals surface area (Å²) in [5, 5.41) is 20.7. The van der Waals surface area contributed by atoms with Crippen molar-refractivity contribution in [1.29, 1.82) is 0 Å². The standard InChI is InChI=1S/C23H42N4O7/c1-17(28)27-10-5-9-25(15-21(30)26-11-6-18(7-12-26)23(24)32)8-3-4-13-34-16-19(29)22(31)20(14-27)33-2/h18-20,22,29,31H,3-16H2,1-2H3,(H2,24,32)/t19-,20-,22-/m0/s1. The van der Waals surface area contributed by atoms with Crippen molar-refractivity contribution in [3.8, 4) is 0 Å². The molecule has 0 aromatic heterocycles. The molecule has 196 valence electrons. The fourth-order valence-electron chi connectivity index (χ4n) is 4.47. The van der Waals surface area contributed by atoms with Crippen molar-refractivity contribution in [2.45, 2.75) is 57.3 Å².